The zero-order chi connectivity index (χ0) is 32.1. The predicted molar refractivity (Wildman–Crippen MR) is 167 cm³/mol. The molecule has 2 atom stereocenters. The van der Waals surface area contributed by atoms with Crippen LogP contribution in [0.5, 0.6) is 5.88 Å². The molecule has 0 saturated carbocycles. The van der Waals surface area contributed by atoms with Crippen molar-refractivity contribution in [3.05, 3.63) is 124 Å². The molecule has 45 heavy (non-hydrogen) atoms. The van der Waals surface area contributed by atoms with E-state index in [2.05, 4.69) is 29.0 Å². The van der Waals surface area contributed by atoms with Gasteiger partial charge in [0.15, 0.2) is 17.4 Å². The van der Waals surface area contributed by atoms with E-state index in [1.807, 2.05) is 19.1 Å². The van der Waals surface area contributed by atoms with Gasteiger partial charge in [0.05, 0.1) is 31.0 Å². The van der Waals surface area contributed by atoms with Gasteiger partial charge in [0, 0.05) is 23.4 Å². The molecule has 1 aliphatic rings. The molecule has 3 heterocycles. The molecule has 0 N–H and O–H groups in total. The highest BCUT2D eigenvalue weighted by molar-refractivity contribution is 6.21. The third kappa shape index (κ3) is 6.45. The Morgan fingerprint density at radius 1 is 0.911 bits per heavy atom. The summed E-state index contributed by atoms with van der Waals surface area (Å²) in [5.41, 5.74) is 3.02. The number of rotatable bonds is 11. The molecule has 2 aromatic carbocycles. The second kappa shape index (κ2) is 13.5. The third-order valence-corrected chi connectivity index (χ3v) is 7.42. The van der Waals surface area contributed by atoms with E-state index in [-0.39, 0.29) is 23.1 Å². The number of methoxy groups -OCH3 is 1. The van der Waals surface area contributed by atoms with Gasteiger partial charge in [-0.2, -0.15) is 5.10 Å². The van der Waals surface area contributed by atoms with E-state index >= 15 is 0 Å². The Bertz CT molecular complexity index is 1700. The quantitative estimate of drug-likeness (QED) is 0.153. The lowest BCUT2D eigenvalue weighted by molar-refractivity contribution is -0.152. The number of aromatic nitrogens is 3. The van der Waals surface area contributed by atoms with Gasteiger partial charge in [-0.3, -0.25) is 14.5 Å². The molecule has 0 unspecified atom stereocenters. The number of aryl methyl sites for hydroxylation is 1. The number of pyridine rings is 1. The molecule has 0 radical (unpaired) electrons. The van der Waals surface area contributed by atoms with Crippen LogP contribution in [-0.4, -0.2) is 46.6 Å². The summed E-state index contributed by atoms with van der Waals surface area (Å²) in [7, 11) is 1.23. The molecule has 0 fully saturated rings. The summed E-state index contributed by atoms with van der Waals surface area (Å²) in [6.45, 7) is 8.17. The summed E-state index contributed by atoms with van der Waals surface area (Å²) in [4.78, 5) is 47.8. The fourth-order valence-electron chi connectivity index (χ4n) is 5.08. The zero-order valence-electron chi connectivity index (χ0n) is 25.8. The van der Waals surface area contributed by atoms with Gasteiger partial charge >= 0.3 is 5.97 Å². The summed E-state index contributed by atoms with van der Waals surface area (Å²) in [6, 6.07) is 21.6. The maximum Gasteiger partial charge on any atom is 0.351 e. The Hall–Kier alpha value is -5.38. The van der Waals surface area contributed by atoms with Crippen molar-refractivity contribution in [3.63, 3.8) is 0 Å². The van der Waals surface area contributed by atoms with Gasteiger partial charge < -0.3 is 14.2 Å². The molecule has 10 heteroatoms. The van der Waals surface area contributed by atoms with Crippen LogP contribution in [0.1, 0.15) is 71.6 Å². The van der Waals surface area contributed by atoms with E-state index in [0.717, 1.165) is 5.56 Å². The van der Waals surface area contributed by atoms with Crippen molar-refractivity contribution in [2.24, 2.45) is 0 Å². The summed E-state index contributed by atoms with van der Waals surface area (Å²) in [5.74, 6) is -1.32. The predicted octanol–water partition coefficient (Wildman–Crippen LogP) is 5.86. The van der Waals surface area contributed by atoms with Crippen molar-refractivity contribution in [1.82, 2.24) is 15.2 Å². The topological polar surface area (TPSA) is 121 Å². The van der Waals surface area contributed by atoms with Crippen LogP contribution in [0.4, 0.5) is 5.82 Å². The van der Waals surface area contributed by atoms with E-state index in [4.69, 9.17) is 14.2 Å². The largest absolute Gasteiger partial charge is 0.478 e. The first kappa shape index (κ1) is 31.1. The van der Waals surface area contributed by atoms with Crippen LogP contribution in [0.3, 0.4) is 0 Å². The molecule has 2 aromatic heterocycles. The number of carbonyl (C=O) groups is 3. The first-order valence-corrected chi connectivity index (χ1v) is 14.6. The Morgan fingerprint density at radius 3 is 2.22 bits per heavy atom. The van der Waals surface area contributed by atoms with Crippen LogP contribution < -0.4 is 9.64 Å². The molecule has 10 nitrogen and oxygen atoms in total. The lowest BCUT2D eigenvalue weighted by atomic mass is 9.92. The van der Waals surface area contributed by atoms with Gasteiger partial charge in [0.2, 0.25) is 12.0 Å². The number of Topliss-reactive ketones (excluding diaryl/α,β-unsaturated/α-hetero) is 1. The van der Waals surface area contributed by atoms with Gasteiger partial charge in [-0.25, -0.2) is 9.78 Å². The molecule has 0 aliphatic carbocycles. The normalized spacial score (nSPS) is 15.3. The molecule has 0 saturated heterocycles. The van der Waals surface area contributed by atoms with Gasteiger partial charge in [0.1, 0.15) is 0 Å². The van der Waals surface area contributed by atoms with Crippen LogP contribution in [0.2, 0.25) is 0 Å². The third-order valence-electron chi connectivity index (χ3n) is 7.42. The number of benzene rings is 2. The summed E-state index contributed by atoms with van der Waals surface area (Å²) in [5, 5.41) is 8.43. The molecule has 1 amide bonds. The van der Waals surface area contributed by atoms with Crippen LogP contribution in [0.25, 0.3) is 0 Å². The first-order valence-electron chi connectivity index (χ1n) is 14.6. The van der Waals surface area contributed by atoms with Crippen molar-refractivity contribution in [3.8, 4) is 5.88 Å². The molecule has 1 aliphatic heterocycles. The van der Waals surface area contributed by atoms with Crippen LogP contribution in [0.15, 0.2) is 96.4 Å². The van der Waals surface area contributed by atoms with E-state index < -0.39 is 29.8 Å². The van der Waals surface area contributed by atoms with Gasteiger partial charge in [0.25, 0.3) is 5.91 Å². The number of esters is 1. The molecular formula is C35H34N4O6. The standard InChI is InChI=1S/C35H34N4O6/c1-6-44-28-19-17-26(20-36-28)30-29(31(40)24-15-13-23(14-16-24)21(2)3)33(34(41)39(30)27-18-12-22(4)37-38-27)45-32(35(42)43-5)25-10-8-7-9-11-25/h7-21,30,32H,6H2,1-5H3/t30-,32+/m1/s1. The number of nitrogens with zero attached hydrogens (tertiary/aromatic N) is 4. The molecule has 5 rings (SSSR count). The average Bonchev–Trinajstić information content (AvgIpc) is 3.35. The van der Waals surface area contributed by atoms with Gasteiger partial charge in [-0.15, -0.1) is 5.10 Å². The first-order chi connectivity index (χ1) is 21.7. The molecule has 4 aromatic rings. The number of carbonyl (C=O) groups excluding carboxylic acids is 3. The van der Waals surface area contributed by atoms with Crippen molar-refractivity contribution in [1.29, 1.82) is 0 Å². The van der Waals surface area contributed by atoms with Gasteiger partial charge in [-0.1, -0.05) is 68.4 Å². The van der Waals surface area contributed by atoms with E-state index in [0.29, 0.717) is 34.9 Å². The summed E-state index contributed by atoms with van der Waals surface area (Å²) in [6.07, 6.45) is 0.217. The number of hydrogen-bond acceptors (Lipinski definition) is 9. The number of amides is 1. The fraction of sp³-hybridized carbons (Fsp3) is 0.257. The van der Waals surface area contributed by atoms with Crippen molar-refractivity contribution in [2.45, 2.75) is 45.8 Å². The molecule has 0 bridgehead atoms. The van der Waals surface area contributed by atoms with Crippen molar-refractivity contribution < 1.29 is 28.6 Å². The molecular weight excluding hydrogens is 572 g/mol. The highest BCUT2D eigenvalue weighted by Crippen LogP contribution is 2.44. The lowest BCUT2D eigenvalue weighted by Crippen LogP contribution is -2.32. The Morgan fingerprint density at radius 2 is 1.64 bits per heavy atom. The Balaban J connectivity index is 1.73. The summed E-state index contributed by atoms with van der Waals surface area (Å²) < 4.78 is 16.9. The van der Waals surface area contributed by atoms with E-state index in [1.165, 1.54) is 12.0 Å². The number of ether oxygens (including phenoxy) is 3. The maximum absolute atomic E-state index is 14.5. The van der Waals surface area contributed by atoms with Crippen molar-refractivity contribution >= 4 is 23.5 Å². The minimum Gasteiger partial charge on any atom is -0.478 e. The highest BCUT2D eigenvalue weighted by Gasteiger charge is 2.48. The smallest absolute Gasteiger partial charge is 0.351 e. The maximum atomic E-state index is 14.5. The monoisotopic (exact) mass is 606 g/mol. The zero-order valence-corrected chi connectivity index (χ0v) is 25.8. The molecule has 0 spiro atoms. The Kier molecular flexibility index (Phi) is 9.32. The number of hydrogen-bond donors (Lipinski definition) is 0. The van der Waals surface area contributed by atoms with Crippen LogP contribution in [-0.2, 0) is 19.1 Å². The number of anilines is 1. The van der Waals surface area contributed by atoms with Crippen LogP contribution >= 0.6 is 0 Å². The fourth-order valence-corrected chi connectivity index (χ4v) is 5.08. The summed E-state index contributed by atoms with van der Waals surface area (Å²) >= 11 is 0. The Labute approximate surface area is 261 Å². The average molecular weight is 607 g/mol. The highest BCUT2D eigenvalue weighted by atomic mass is 16.6. The van der Waals surface area contributed by atoms with Crippen LogP contribution in [0, 0.1) is 6.92 Å². The SMILES string of the molecule is CCOc1ccc([C@@H]2C(C(=O)c3ccc(C(C)C)cc3)=C(O[C@H](C(=O)OC)c3ccccc3)C(=O)N2c2ccc(C)nn2)cn1. The minimum atomic E-state index is -1.33. The lowest BCUT2D eigenvalue weighted by Gasteiger charge is -2.25. The molecule has 230 valence electrons. The van der Waals surface area contributed by atoms with Gasteiger partial charge in [-0.05, 0) is 49.1 Å². The minimum absolute atomic E-state index is 0.0236. The second-order valence-electron chi connectivity index (χ2n) is 10.8. The van der Waals surface area contributed by atoms with Crippen molar-refractivity contribution in [2.75, 3.05) is 18.6 Å². The second-order valence-corrected chi connectivity index (χ2v) is 10.8. The van der Waals surface area contributed by atoms with E-state index in [9.17, 15) is 14.4 Å². The van der Waals surface area contributed by atoms with E-state index in [1.54, 1.807) is 79.9 Å². The number of ketones is 1.